The van der Waals surface area contributed by atoms with Gasteiger partial charge < -0.3 is 5.32 Å². The molecule has 0 aliphatic rings. The summed E-state index contributed by atoms with van der Waals surface area (Å²) in [5, 5.41) is 4.07. The summed E-state index contributed by atoms with van der Waals surface area (Å²) in [7, 11) is 1.95. The largest absolute Gasteiger partial charge is 0.309 e. The first-order valence-corrected chi connectivity index (χ1v) is 8.66. The molecule has 1 unspecified atom stereocenters. The maximum atomic E-state index is 6.10. The van der Waals surface area contributed by atoms with Crippen molar-refractivity contribution in [2.75, 3.05) is 7.05 Å². The number of rotatable bonds is 3. The van der Waals surface area contributed by atoms with Crippen molar-refractivity contribution in [1.82, 2.24) is 5.32 Å². The monoisotopic (exact) mass is 471 g/mol. The lowest BCUT2D eigenvalue weighted by Crippen LogP contribution is -2.16. The molecule has 0 aliphatic carbocycles. The molecule has 0 radical (unpaired) electrons. The van der Waals surface area contributed by atoms with Gasteiger partial charge in [0.1, 0.15) is 0 Å². The summed E-state index contributed by atoms with van der Waals surface area (Å²) in [6, 6.07) is 8.35. The second-order valence-electron chi connectivity index (χ2n) is 3.69. The van der Waals surface area contributed by atoms with Crippen LogP contribution in [0.4, 0.5) is 0 Å². The van der Waals surface area contributed by atoms with Crippen LogP contribution in [-0.2, 0) is 0 Å². The number of benzene rings is 1. The zero-order chi connectivity index (χ0) is 13.3. The highest BCUT2D eigenvalue weighted by molar-refractivity contribution is 9.11. The Morgan fingerprint density at radius 3 is 2.17 bits per heavy atom. The van der Waals surface area contributed by atoms with Gasteiger partial charge in [-0.15, -0.1) is 11.3 Å². The third-order valence-electron chi connectivity index (χ3n) is 2.46. The molecule has 0 amide bonds. The van der Waals surface area contributed by atoms with Crippen LogP contribution in [-0.4, -0.2) is 7.05 Å². The van der Waals surface area contributed by atoms with Crippen molar-refractivity contribution >= 4 is 70.7 Å². The standard InChI is InChI=1S/C12H9Br3ClNS/c1-17-11(10-5-9(16)12(15)18-10)6-2-7(13)4-8(14)3-6/h2-5,11,17H,1H3. The predicted molar refractivity (Wildman–Crippen MR) is 89.8 cm³/mol. The van der Waals surface area contributed by atoms with Crippen molar-refractivity contribution in [1.29, 1.82) is 0 Å². The first-order chi connectivity index (χ1) is 8.51. The molecular weight excluding hydrogens is 465 g/mol. The quantitative estimate of drug-likeness (QED) is 0.576. The molecule has 0 saturated heterocycles. The summed E-state index contributed by atoms with van der Waals surface area (Å²) in [6.07, 6.45) is 0. The molecule has 0 bridgehead atoms. The van der Waals surface area contributed by atoms with Crippen molar-refractivity contribution < 1.29 is 0 Å². The van der Waals surface area contributed by atoms with Gasteiger partial charge in [-0.2, -0.15) is 0 Å². The van der Waals surface area contributed by atoms with Gasteiger partial charge >= 0.3 is 0 Å². The SMILES string of the molecule is CNC(c1cc(Br)cc(Br)c1)c1cc(Cl)c(Br)s1. The van der Waals surface area contributed by atoms with Crippen LogP contribution in [0.25, 0.3) is 0 Å². The minimum absolute atomic E-state index is 0.132. The summed E-state index contributed by atoms with van der Waals surface area (Å²) in [6.45, 7) is 0. The van der Waals surface area contributed by atoms with E-state index < -0.39 is 0 Å². The van der Waals surface area contributed by atoms with Crippen LogP contribution < -0.4 is 5.32 Å². The van der Waals surface area contributed by atoms with Gasteiger partial charge in [-0.3, -0.25) is 0 Å². The molecule has 0 spiro atoms. The topological polar surface area (TPSA) is 12.0 Å². The van der Waals surface area contributed by atoms with Gasteiger partial charge in [0.25, 0.3) is 0 Å². The average Bonchev–Trinajstić information content (AvgIpc) is 2.58. The van der Waals surface area contributed by atoms with E-state index in [4.69, 9.17) is 11.6 Å². The lowest BCUT2D eigenvalue weighted by molar-refractivity contribution is 0.703. The maximum absolute atomic E-state index is 6.10. The van der Waals surface area contributed by atoms with Crippen LogP contribution in [0.15, 0.2) is 37.0 Å². The molecule has 0 aliphatic heterocycles. The first-order valence-electron chi connectivity index (χ1n) is 5.09. The highest BCUT2D eigenvalue weighted by Crippen LogP contribution is 2.38. The minimum Gasteiger partial charge on any atom is -0.309 e. The Morgan fingerprint density at radius 2 is 1.72 bits per heavy atom. The second kappa shape index (κ2) is 6.37. The Labute approximate surface area is 140 Å². The zero-order valence-electron chi connectivity index (χ0n) is 9.31. The van der Waals surface area contributed by atoms with E-state index in [1.807, 2.05) is 19.2 Å². The first kappa shape index (κ1) is 15.0. The van der Waals surface area contributed by atoms with Crippen LogP contribution in [0.1, 0.15) is 16.5 Å². The molecule has 2 rings (SSSR count). The van der Waals surface area contributed by atoms with Gasteiger partial charge in [-0.05, 0) is 52.8 Å². The maximum Gasteiger partial charge on any atom is 0.0888 e. The number of hydrogen-bond donors (Lipinski definition) is 1. The Balaban J connectivity index is 2.44. The fourth-order valence-electron chi connectivity index (χ4n) is 1.72. The smallest absolute Gasteiger partial charge is 0.0888 e. The summed E-state index contributed by atoms with van der Waals surface area (Å²) in [5.74, 6) is 0. The molecular formula is C12H9Br3ClNS. The van der Waals surface area contributed by atoms with E-state index >= 15 is 0 Å². The number of nitrogens with one attached hydrogen (secondary N) is 1. The number of hydrogen-bond acceptors (Lipinski definition) is 2. The average molecular weight is 474 g/mol. The number of thiophene rings is 1. The molecule has 96 valence electrons. The minimum atomic E-state index is 0.132. The van der Waals surface area contributed by atoms with Gasteiger partial charge in [-0.1, -0.05) is 43.5 Å². The van der Waals surface area contributed by atoms with Crippen molar-refractivity contribution in [3.8, 4) is 0 Å². The number of halogens is 4. The van der Waals surface area contributed by atoms with Gasteiger partial charge in [-0.25, -0.2) is 0 Å². The van der Waals surface area contributed by atoms with E-state index in [0.717, 1.165) is 17.8 Å². The molecule has 1 aromatic carbocycles. The van der Waals surface area contributed by atoms with Crippen LogP contribution in [0.2, 0.25) is 5.02 Å². The van der Waals surface area contributed by atoms with Crippen LogP contribution in [0.5, 0.6) is 0 Å². The summed E-state index contributed by atoms with van der Waals surface area (Å²) >= 11 is 18.2. The molecule has 1 aromatic heterocycles. The fraction of sp³-hybridized carbons (Fsp3) is 0.167. The lowest BCUT2D eigenvalue weighted by atomic mass is 10.1. The van der Waals surface area contributed by atoms with E-state index in [-0.39, 0.29) is 6.04 Å². The lowest BCUT2D eigenvalue weighted by Gasteiger charge is -2.15. The molecule has 0 fully saturated rings. The van der Waals surface area contributed by atoms with Crippen molar-refractivity contribution in [3.63, 3.8) is 0 Å². The summed E-state index contributed by atoms with van der Waals surface area (Å²) < 4.78 is 3.07. The van der Waals surface area contributed by atoms with Crippen molar-refractivity contribution in [2.45, 2.75) is 6.04 Å². The third kappa shape index (κ3) is 3.38. The Kier molecular flexibility index (Phi) is 5.31. The second-order valence-corrected chi connectivity index (χ2v) is 8.34. The molecule has 2 aromatic rings. The third-order valence-corrected chi connectivity index (χ3v) is 5.91. The van der Waals surface area contributed by atoms with Crippen molar-refractivity contribution in [2.24, 2.45) is 0 Å². The molecule has 18 heavy (non-hydrogen) atoms. The van der Waals surface area contributed by atoms with E-state index in [9.17, 15) is 0 Å². The van der Waals surface area contributed by atoms with Crippen LogP contribution in [0, 0.1) is 0 Å². The fourth-order valence-corrected chi connectivity index (χ4v) is 4.93. The van der Waals surface area contributed by atoms with E-state index in [1.165, 1.54) is 10.4 Å². The Morgan fingerprint density at radius 1 is 1.11 bits per heavy atom. The van der Waals surface area contributed by atoms with E-state index in [0.29, 0.717) is 0 Å². The molecule has 1 nitrogen and oxygen atoms in total. The van der Waals surface area contributed by atoms with E-state index in [1.54, 1.807) is 11.3 Å². The molecule has 1 atom stereocenters. The van der Waals surface area contributed by atoms with Gasteiger partial charge in [0.15, 0.2) is 0 Å². The van der Waals surface area contributed by atoms with E-state index in [2.05, 4.69) is 65.2 Å². The van der Waals surface area contributed by atoms with Crippen molar-refractivity contribution in [3.05, 3.63) is 52.5 Å². The molecule has 1 heterocycles. The zero-order valence-corrected chi connectivity index (χ0v) is 15.6. The van der Waals surface area contributed by atoms with Crippen LogP contribution >= 0.6 is 70.7 Å². The summed E-state index contributed by atoms with van der Waals surface area (Å²) in [5.41, 5.74) is 1.18. The normalized spacial score (nSPS) is 12.7. The highest BCUT2D eigenvalue weighted by Gasteiger charge is 2.17. The molecule has 6 heteroatoms. The van der Waals surface area contributed by atoms with Gasteiger partial charge in [0.05, 0.1) is 14.9 Å². The highest BCUT2D eigenvalue weighted by atomic mass is 79.9. The predicted octanol–water partition coefficient (Wildman–Crippen LogP) is 6.00. The molecule has 0 saturated carbocycles. The van der Waals surface area contributed by atoms with Gasteiger partial charge in [0, 0.05) is 13.8 Å². The Bertz CT molecular complexity index is 531. The van der Waals surface area contributed by atoms with Gasteiger partial charge in [0.2, 0.25) is 0 Å². The molecule has 1 N–H and O–H groups in total. The summed E-state index contributed by atoms with van der Waals surface area (Å²) in [4.78, 5) is 1.18. The van der Waals surface area contributed by atoms with Crippen LogP contribution in [0.3, 0.4) is 0 Å². The Hall–Kier alpha value is 0.610.